The van der Waals surface area contributed by atoms with E-state index in [2.05, 4.69) is 36.1 Å². The van der Waals surface area contributed by atoms with Gasteiger partial charge in [0.2, 0.25) is 46.9 Å². The first kappa shape index (κ1) is 63.5. The Kier molecular flexibility index (Phi) is 23.1. The van der Waals surface area contributed by atoms with Crippen LogP contribution in [-0.4, -0.2) is 129 Å². The summed E-state index contributed by atoms with van der Waals surface area (Å²) < 4.78 is 117. The average molecular weight is 1190 g/mol. The summed E-state index contributed by atoms with van der Waals surface area (Å²) in [5, 5.41) is 23.8. The summed E-state index contributed by atoms with van der Waals surface area (Å²) in [6.45, 7) is -0.645. The Hall–Kier alpha value is -9.09. The van der Waals surface area contributed by atoms with Gasteiger partial charge in [0.1, 0.15) is 36.6 Å². The number of benzene rings is 5. The molecule has 1 aromatic heterocycles. The number of carbonyl (C=O) groups is 6. The van der Waals surface area contributed by atoms with E-state index in [0.717, 1.165) is 6.07 Å². The van der Waals surface area contributed by atoms with Crippen molar-refractivity contribution in [3.63, 3.8) is 0 Å². The van der Waals surface area contributed by atoms with Crippen molar-refractivity contribution in [2.75, 3.05) is 82.9 Å². The van der Waals surface area contributed by atoms with Crippen molar-refractivity contribution in [3.8, 4) is 5.75 Å². The van der Waals surface area contributed by atoms with Gasteiger partial charge in [0.25, 0.3) is 0 Å². The molecule has 2 unspecified atom stereocenters. The molecule has 5 aromatic carbocycles. The first-order valence-electron chi connectivity index (χ1n) is 26.2. The highest BCUT2D eigenvalue weighted by molar-refractivity contribution is 6.16. The number of primary amides is 1. The Labute approximate surface area is 481 Å². The van der Waals surface area contributed by atoms with Gasteiger partial charge in [0.15, 0.2) is 11.6 Å². The van der Waals surface area contributed by atoms with Crippen LogP contribution in [0.25, 0.3) is 0 Å². The molecule has 6 aromatic rings. The van der Waals surface area contributed by atoms with E-state index < -0.39 is 114 Å². The van der Waals surface area contributed by atoms with E-state index in [1.54, 1.807) is 66.5 Å². The molecule has 0 saturated carbocycles. The normalized spacial score (nSPS) is 14.1. The zero-order valence-corrected chi connectivity index (χ0v) is 45.5. The fourth-order valence-corrected chi connectivity index (χ4v) is 8.71. The number of hydrogen-bond acceptors (Lipinski definition) is 16. The maximum absolute atomic E-state index is 15.3. The van der Waals surface area contributed by atoms with E-state index in [-0.39, 0.29) is 101 Å². The highest BCUT2D eigenvalue weighted by atomic mass is 19.2. The number of amides is 5. The van der Waals surface area contributed by atoms with Crippen molar-refractivity contribution in [3.05, 3.63) is 172 Å². The summed E-state index contributed by atoms with van der Waals surface area (Å²) in [6.07, 6.45) is 0.745. The number of ether oxygens (including phenoxy) is 6. The largest absolute Gasteiger partial charge is 0.420 e. The lowest BCUT2D eigenvalue weighted by Gasteiger charge is -2.44. The van der Waals surface area contributed by atoms with Crippen LogP contribution in [0.4, 0.5) is 37.7 Å². The number of nitrogens with one attached hydrogen (secondary N) is 5. The van der Waals surface area contributed by atoms with Gasteiger partial charge >= 0.3 is 5.97 Å². The number of fused-ring (bicyclic) bond motifs is 1. The Morgan fingerprint density at radius 3 is 1.91 bits per heavy atom. The maximum atomic E-state index is 15.3. The Balaban J connectivity index is 0.794. The molecule has 0 saturated heterocycles. The van der Waals surface area contributed by atoms with Crippen molar-refractivity contribution in [2.24, 2.45) is 12.8 Å². The zero-order chi connectivity index (χ0) is 61.0. The van der Waals surface area contributed by atoms with Gasteiger partial charge in [-0.15, -0.1) is 0 Å². The van der Waals surface area contributed by atoms with Gasteiger partial charge in [-0.1, -0.05) is 54.6 Å². The monoisotopic (exact) mass is 1190 g/mol. The van der Waals surface area contributed by atoms with Gasteiger partial charge in [0, 0.05) is 30.8 Å². The molecule has 0 bridgehead atoms. The van der Waals surface area contributed by atoms with Crippen LogP contribution in [0.1, 0.15) is 69.3 Å². The number of carbonyl (C=O) groups excluding carboxylic acids is 6. The van der Waals surface area contributed by atoms with E-state index in [1.807, 2.05) is 0 Å². The molecule has 7 N–H and O–H groups in total. The van der Waals surface area contributed by atoms with Crippen molar-refractivity contribution in [1.82, 2.24) is 30.7 Å². The summed E-state index contributed by atoms with van der Waals surface area (Å²) in [7, 11) is 1.63. The number of rotatable bonds is 31. The predicted octanol–water partition coefficient (Wildman–Crippen LogP) is 5.12. The van der Waals surface area contributed by atoms with E-state index in [1.165, 1.54) is 41.3 Å². The number of hydrogen-bond donors (Lipinski definition) is 6. The molecule has 0 spiro atoms. The molecule has 0 radical (unpaired) electrons. The summed E-state index contributed by atoms with van der Waals surface area (Å²) in [4.78, 5) is 82.5. The van der Waals surface area contributed by atoms with Gasteiger partial charge in [-0.25, -0.2) is 22.5 Å². The minimum Gasteiger partial charge on any atom is -0.420 e. The Morgan fingerprint density at radius 1 is 0.682 bits per heavy atom. The Bertz CT molecular complexity index is 3300. The van der Waals surface area contributed by atoms with E-state index in [9.17, 15) is 56.1 Å². The van der Waals surface area contributed by atoms with Gasteiger partial charge < -0.3 is 65.7 Å². The number of nitrogens with two attached hydrogens (primary N) is 1. The molecule has 22 nitrogen and oxygen atoms in total. The van der Waals surface area contributed by atoms with E-state index in [4.69, 9.17) is 29.4 Å². The highest BCUT2D eigenvalue weighted by Gasteiger charge is 2.44. The third kappa shape index (κ3) is 17.7. The molecular weight excluding hydrogens is 1130 g/mol. The van der Waals surface area contributed by atoms with Gasteiger partial charge in [-0.2, -0.15) is 13.9 Å². The predicted molar refractivity (Wildman–Crippen MR) is 290 cm³/mol. The molecule has 28 heteroatoms. The third-order valence-electron chi connectivity index (χ3n) is 12.8. The third-order valence-corrected chi connectivity index (χ3v) is 12.8. The fourth-order valence-electron chi connectivity index (χ4n) is 8.71. The Morgan fingerprint density at radius 2 is 1.29 bits per heavy atom. The number of anilines is 2. The van der Waals surface area contributed by atoms with E-state index >= 15 is 4.39 Å². The van der Waals surface area contributed by atoms with Crippen LogP contribution >= 0.6 is 0 Å². The second-order valence-electron chi connectivity index (χ2n) is 18.7. The van der Waals surface area contributed by atoms with Crippen LogP contribution in [0.3, 0.4) is 0 Å². The van der Waals surface area contributed by atoms with Gasteiger partial charge in [0.05, 0.1) is 108 Å². The van der Waals surface area contributed by atoms with Crippen LogP contribution in [0.5, 0.6) is 5.75 Å². The van der Waals surface area contributed by atoms with Crippen molar-refractivity contribution < 1.29 is 83.5 Å². The number of aromatic nitrogens is 3. The van der Waals surface area contributed by atoms with Crippen LogP contribution in [-0.2, 0) is 61.3 Å². The summed E-state index contributed by atoms with van der Waals surface area (Å²) in [5.74, 6) is -15.1. The van der Waals surface area contributed by atoms with Crippen LogP contribution in [0.2, 0.25) is 0 Å². The molecule has 1 aliphatic heterocycles. The number of halogens is 6. The lowest BCUT2D eigenvalue weighted by Crippen LogP contribution is -2.45. The second-order valence-corrected chi connectivity index (χ2v) is 18.7. The number of esters is 1. The molecule has 5 amide bonds. The molecule has 3 atom stereocenters. The minimum absolute atomic E-state index is 0.000599. The first-order valence-corrected chi connectivity index (χ1v) is 26.2. The standard InChI is InChI=1S/C57H58F6N10O12/c1-72-56(68-31-69-72)48-51(64)47-39(55(65)78)25-37(59)26-42(47)73(53(48)35-9-11-36(58)12-10-35)32-84-30-33-7-13-38(14-8-33)70-44(75)29-67-57(79)52(34-5-3-2-4-6-34)71-45(76)28-66-43(74)15-17-80-19-21-82-23-24-83-22-20-81-18-16-46(77)85-54-49(62)40(60)27-41(61)50(54)63/h2-14,25-27,31,48,52-53,64H,15-24,28-30,32H2,1H3,(H2,65,78)(H,66,74)(H,67,79)(H,70,75)(H,71,76)/t48?,52?,53-/m1/s1. The smallest absolute Gasteiger partial charge is 0.313 e. The molecule has 2 heterocycles. The lowest BCUT2D eigenvalue weighted by atomic mass is 9.78. The van der Waals surface area contributed by atoms with Crippen LogP contribution in [0.15, 0.2) is 103 Å². The SMILES string of the molecule is Cn1ncnc1C1C(=N)c2c(C(N)=O)cc(F)cc2N(COCc2ccc(NC(=O)CNC(=O)C(NC(=O)CNC(=O)CCOCCOCCOCCOCCC(=O)Oc3c(F)c(F)cc(F)c3F)c3ccccc3)cc2)[C@@H]1c1ccc(F)cc1. The molecule has 7 rings (SSSR count). The molecule has 85 heavy (non-hydrogen) atoms. The van der Waals surface area contributed by atoms with Crippen LogP contribution < -0.4 is 36.6 Å². The summed E-state index contributed by atoms with van der Waals surface area (Å²) >= 11 is 0. The molecule has 0 fully saturated rings. The van der Waals surface area contributed by atoms with Crippen LogP contribution in [0, 0.1) is 40.3 Å². The number of nitrogens with zero attached hydrogens (tertiary/aromatic N) is 4. The average Bonchev–Trinajstić information content (AvgIpc) is 2.91. The second kappa shape index (κ2) is 31.0. The van der Waals surface area contributed by atoms with E-state index in [0.29, 0.717) is 28.2 Å². The zero-order valence-electron chi connectivity index (χ0n) is 45.5. The van der Waals surface area contributed by atoms with Gasteiger partial charge in [-0.3, -0.25) is 33.4 Å². The van der Waals surface area contributed by atoms with Gasteiger partial charge in [-0.05, 0) is 53.1 Å². The summed E-state index contributed by atoms with van der Waals surface area (Å²) in [6, 6.07) is 20.4. The minimum atomic E-state index is -1.84. The first-order chi connectivity index (χ1) is 40.9. The molecular formula is C57H58F6N10O12. The molecule has 0 aliphatic carbocycles. The maximum Gasteiger partial charge on any atom is 0.313 e. The fraction of sp³-hybridized carbons (Fsp3) is 0.316. The summed E-state index contributed by atoms with van der Waals surface area (Å²) in [5.41, 5.74) is 7.56. The number of aryl methyl sites for hydroxylation is 1. The lowest BCUT2D eigenvalue weighted by molar-refractivity contribution is -0.136. The molecule has 1 aliphatic rings. The molecule has 450 valence electrons. The highest BCUT2D eigenvalue weighted by Crippen LogP contribution is 2.47. The topological polar surface area (TPSA) is 290 Å². The van der Waals surface area contributed by atoms with Crippen molar-refractivity contribution in [1.29, 1.82) is 5.41 Å². The quantitative estimate of drug-likeness (QED) is 0.0108. The van der Waals surface area contributed by atoms with Crippen molar-refractivity contribution in [2.45, 2.75) is 37.5 Å². The van der Waals surface area contributed by atoms with Crippen molar-refractivity contribution >= 4 is 52.6 Å².